The van der Waals surface area contributed by atoms with E-state index in [0.717, 1.165) is 31.9 Å². The first kappa shape index (κ1) is 20.2. The molecule has 0 radical (unpaired) electrons. The van der Waals surface area contributed by atoms with Crippen LogP contribution in [0.25, 0.3) is 17.2 Å². The fourth-order valence-corrected chi connectivity index (χ4v) is 3.50. The normalized spacial score (nSPS) is 12.6. The highest BCUT2D eigenvalue weighted by atomic mass is 35.5. The SMILES string of the molecule is CN(C/C=C/c1ccc(-c2ccccc2)cc1)Cc1ccc2c(c1)CCO2.Cl. The van der Waals surface area contributed by atoms with E-state index in [4.69, 9.17) is 4.74 Å². The molecule has 1 aliphatic heterocycles. The Bertz CT molecular complexity index is 919. The first-order valence-electron chi connectivity index (χ1n) is 9.53. The second-order valence-electron chi connectivity index (χ2n) is 7.13. The first-order chi connectivity index (χ1) is 13.3. The van der Waals surface area contributed by atoms with E-state index in [1.165, 1.54) is 27.8 Å². The maximum absolute atomic E-state index is 5.58. The summed E-state index contributed by atoms with van der Waals surface area (Å²) in [5, 5.41) is 0. The van der Waals surface area contributed by atoms with Crippen molar-refractivity contribution in [3.63, 3.8) is 0 Å². The second-order valence-corrected chi connectivity index (χ2v) is 7.13. The first-order valence-corrected chi connectivity index (χ1v) is 9.53. The molecule has 0 atom stereocenters. The molecule has 3 aromatic carbocycles. The molecule has 2 nitrogen and oxygen atoms in total. The maximum Gasteiger partial charge on any atom is 0.122 e. The van der Waals surface area contributed by atoms with Crippen molar-refractivity contribution in [3.05, 3.63) is 95.6 Å². The average molecular weight is 392 g/mol. The highest BCUT2D eigenvalue weighted by Crippen LogP contribution is 2.26. The molecule has 0 saturated carbocycles. The summed E-state index contributed by atoms with van der Waals surface area (Å²) in [5.74, 6) is 1.06. The van der Waals surface area contributed by atoms with Gasteiger partial charge >= 0.3 is 0 Å². The molecule has 0 amide bonds. The van der Waals surface area contributed by atoms with Gasteiger partial charge in [0.2, 0.25) is 0 Å². The number of rotatable bonds is 6. The molecule has 0 unspecified atom stereocenters. The van der Waals surface area contributed by atoms with E-state index < -0.39 is 0 Å². The van der Waals surface area contributed by atoms with Crippen LogP contribution in [0.3, 0.4) is 0 Å². The largest absolute Gasteiger partial charge is 0.493 e. The molecule has 3 aromatic rings. The second kappa shape index (κ2) is 9.59. The Morgan fingerprint density at radius 1 is 0.929 bits per heavy atom. The molecule has 0 saturated heterocycles. The molecule has 144 valence electrons. The van der Waals surface area contributed by atoms with Gasteiger partial charge in [-0.3, -0.25) is 4.90 Å². The van der Waals surface area contributed by atoms with Crippen molar-refractivity contribution in [2.45, 2.75) is 13.0 Å². The lowest BCUT2D eigenvalue weighted by molar-refractivity contribution is 0.356. The molecule has 0 fully saturated rings. The number of halogens is 1. The number of fused-ring (bicyclic) bond motifs is 1. The molecule has 1 aliphatic rings. The van der Waals surface area contributed by atoms with Crippen molar-refractivity contribution in [1.82, 2.24) is 4.90 Å². The Balaban J connectivity index is 0.00000225. The summed E-state index contributed by atoms with van der Waals surface area (Å²) in [6, 6.07) is 25.8. The number of ether oxygens (including phenoxy) is 1. The zero-order valence-corrected chi connectivity index (χ0v) is 17.0. The van der Waals surface area contributed by atoms with Gasteiger partial charge in [-0.1, -0.05) is 78.9 Å². The van der Waals surface area contributed by atoms with Crippen LogP contribution in [0.2, 0.25) is 0 Å². The van der Waals surface area contributed by atoms with E-state index in [1.807, 2.05) is 6.07 Å². The van der Waals surface area contributed by atoms with E-state index in [-0.39, 0.29) is 12.4 Å². The van der Waals surface area contributed by atoms with Crippen molar-refractivity contribution in [3.8, 4) is 16.9 Å². The third-order valence-electron chi connectivity index (χ3n) is 4.95. The Hall–Kier alpha value is -2.55. The lowest BCUT2D eigenvalue weighted by Crippen LogP contribution is -2.17. The number of nitrogens with zero attached hydrogens (tertiary/aromatic N) is 1. The quantitative estimate of drug-likeness (QED) is 0.522. The molecule has 0 bridgehead atoms. The van der Waals surface area contributed by atoms with Crippen LogP contribution in [0, 0.1) is 0 Å². The van der Waals surface area contributed by atoms with Gasteiger partial charge in [0.15, 0.2) is 0 Å². The maximum atomic E-state index is 5.58. The molecule has 0 N–H and O–H groups in total. The van der Waals surface area contributed by atoms with E-state index >= 15 is 0 Å². The zero-order valence-electron chi connectivity index (χ0n) is 16.2. The van der Waals surface area contributed by atoms with Gasteiger partial charge in [-0.2, -0.15) is 0 Å². The Kier molecular flexibility index (Phi) is 6.91. The standard InChI is InChI=1S/C25H25NO.ClH/c1-26(19-21-11-14-25-24(18-21)15-17-27-25)16-5-6-20-9-12-23(13-10-20)22-7-3-2-4-8-22;/h2-14,18H,15-17,19H2,1H3;1H/b6-5+;. The van der Waals surface area contributed by atoms with Gasteiger partial charge in [0.05, 0.1) is 6.61 Å². The molecule has 3 heteroatoms. The fraction of sp³-hybridized carbons (Fsp3) is 0.200. The van der Waals surface area contributed by atoms with Crippen LogP contribution in [-0.4, -0.2) is 25.1 Å². The molecule has 0 aromatic heterocycles. The fourth-order valence-electron chi connectivity index (χ4n) is 3.50. The molecule has 0 spiro atoms. The highest BCUT2D eigenvalue weighted by Gasteiger charge is 2.12. The molecule has 28 heavy (non-hydrogen) atoms. The van der Waals surface area contributed by atoms with Crippen molar-refractivity contribution in [2.75, 3.05) is 20.2 Å². The van der Waals surface area contributed by atoms with E-state index in [2.05, 4.69) is 90.8 Å². The topological polar surface area (TPSA) is 12.5 Å². The third-order valence-corrected chi connectivity index (χ3v) is 4.95. The highest BCUT2D eigenvalue weighted by molar-refractivity contribution is 5.85. The zero-order chi connectivity index (χ0) is 18.5. The van der Waals surface area contributed by atoms with Crippen LogP contribution >= 0.6 is 12.4 Å². The van der Waals surface area contributed by atoms with E-state index in [9.17, 15) is 0 Å². The Labute approximate surface area is 173 Å². The average Bonchev–Trinajstić information content (AvgIpc) is 3.17. The summed E-state index contributed by atoms with van der Waals surface area (Å²) in [5.41, 5.74) is 6.44. The van der Waals surface area contributed by atoms with Crippen LogP contribution in [0.15, 0.2) is 78.9 Å². The lowest BCUT2D eigenvalue weighted by Gasteiger charge is -2.15. The molecule has 1 heterocycles. The van der Waals surface area contributed by atoms with Crippen LogP contribution in [-0.2, 0) is 13.0 Å². The van der Waals surface area contributed by atoms with Crippen molar-refractivity contribution >= 4 is 18.5 Å². The predicted octanol–water partition coefficient (Wildman–Crippen LogP) is 5.86. The minimum absolute atomic E-state index is 0. The van der Waals surface area contributed by atoms with Crippen molar-refractivity contribution < 1.29 is 4.74 Å². The Morgan fingerprint density at radius 3 is 2.46 bits per heavy atom. The van der Waals surface area contributed by atoms with Gasteiger partial charge in [-0.25, -0.2) is 0 Å². The summed E-state index contributed by atoms with van der Waals surface area (Å²) in [4.78, 5) is 2.33. The van der Waals surface area contributed by atoms with Crippen LogP contribution in [0.5, 0.6) is 5.75 Å². The number of likely N-dealkylation sites (N-methyl/N-ethyl adjacent to an activating group) is 1. The number of hydrogen-bond donors (Lipinski definition) is 0. The minimum Gasteiger partial charge on any atom is -0.493 e. The van der Waals surface area contributed by atoms with Gasteiger partial charge in [0.25, 0.3) is 0 Å². The number of hydrogen-bond acceptors (Lipinski definition) is 2. The Morgan fingerprint density at radius 2 is 1.68 bits per heavy atom. The van der Waals surface area contributed by atoms with E-state index in [0.29, 0.717) is 0 Å². The minimum atomic E-state index is 0. The number of benzene rings is 3. The van der Waals surface area contributed by atoms with Gasteiger partial charge in [-0.05, 0) is 40.9 Å². The summed E-state index contributed by atoms with van der Waals surface area (Å²) < 4.78 is 5.58. The summed E-state index contributed by atoms with van der Waals surface area (Å²) in [7, 11) is 2.16. The predicted molar refractivity (Wildman–Crippen MR) is 120 cm³/mol. The molecule has 0 aliphatic carbocycles. The van der Waals surface area contributed by atoms with Gasteiger partial charge < -0.3 is 4.74 Å². The van der Waals surface area contributed by atoms with Gasteiger partial charge in [0, 0.05) is 19.5 Å². The van der Waals surface area contributed by atoms with E-state index in [1.54, 1.807) is 0 Å². The lowest BCUT2D eigenvalue weighted by atomic mass is 10.0. The third kappa shape index (κ3) is 5.03. The van der Waals surface area contributed by atoms with Gasteiger partial charge in [0.1, 0.15) is 5.75 Å². The summed E-state index contributed by atoms with van der Waals surface area (Å²) in [6.45, 7) is 2.69. The molecule has 4 rings (SSSR count). The van der Waals surface area contributed by atoms with Crippen molar-refractivity contribution in [2.24, 2.45) is 0 Å². The van der Waals surface area contributed by atoms with Crippen LogP contribution in [0.4, 0.5) is 0 Å². The van der Waals surface area contributed by atoms with Gasteiger partial charge in [-0.15, -0.1) is 12.4 Å². The summed E-state index contributed by atoms with van der Waals surface area (Å²) >= 11 is 0. The molecular weight excluding hydrogens is 366 g/mol. The van der Waals surface area contributed by atoms with Crippen molar-refractivity contribution in [1.29, 1.82) is 0 Å². The summed E-state index contributed by atoms with van der Waals surface area (Å²) in [6.07, 6.45) is 5.46. The van der Waals surface area contributed by atoms with Crippen LogP contribution < -0.4 is 4.74 Å². The smallest absolute Gasteiger partial charge is 0.122 e. The molecular formula is C25H26ClNO. The van der Waals surface area contributed by atoms with Crippen LogP contribution in [0.1, 0.15) is 16.7 Å². The monoisotopic (exact) mass is 391 g/mol.